The highest BCUT2D eigenvalue weighted by atomic mass is 32.2. The largest absolute Gasteiger partial charge is 0.305 e. The predicted octanol–water partition coefficient (Wildman–Crippen LogP) is 2.68. The molecule has 0 spiro atoms. The predicted molar refractivity (Wildman–Crippen MR) is 86.0 cm³/mol. The number of fused-ring (bicyclic) bond motifs is 1. The van der Waals surface area contributed by atoms with Crippen LogP contribution >= 0.6 is 0 Å². The number of nitrogens with zero attached hydrogens (tertiary/aromatic N) is 1. The van der Waals surface area contributed by atoms with Crippen molar-refractivity contribution >= 4 is 21.4 Å². The van der Waals surface area contributed by atoms with Crippen LogP contribution in [0.25, 0.3) is 0 Å². The van der Waals surface area contributed by atoms with Crippen molar-refractivity contribution in [3.05, 3.63) is 59.7 Å². The summed E-state index contributed by atoms with van der Waals surface area (Å²) in [6.07, 6.45) is 1.96. The smallest absolute Gasteiger partial charge is 0.258 e. The summed E-state index contributed by atoms with van der Waals surface area (Å²) >= 11 is 0. The summed E-state index contributed by atoms with van der Waals surface area (Å²) in [5.41, 5.74) is 2.44. The van der Waals surface area contributed by atoms with Crippen LogP contribution in [0.1, 0.15) is 22.8 Å². The minimum atomic E-state index is -3.33. The van der Waals surface area contributed by atoms with Crippen LogP contribution in [-0.4, -0.2) is 26.6 Å². The standard InChI is InChI=1S/C17H17NO3S/c1-12-10-13-6-3-4-9-16(13)18(12)17(19)14-7-5-8-15(11-14)22(2,20)21/h3-9,11-12H,10H2,1-2H3/t12-/m0/s1. The Morgan fingerprint density at radius 1 is 1.14 bits per heavy atom. The van der Waals surface area contributed by atoms with E-state index >= 15 is 0 Å². The third kappa shape index (κ3) is 2.52. The Kier molecular flexibility index (Phi) is 3.53. The molecule has 2 aromatic rings. The van der Waals surface area contributed by atoms with Crippen molar-refractivity contribution in [2.75, 3.05) is 11.2 Å². The van der Waals surface area contributed by atoms with E-state index in [1.807, 2.05) is 31.2 Å². The molecule has 1 atom stereocenters. The van der Waals surface area contributed by atoms with Crippen molar-refractivity contribution < 1.29 is 13.2 Å². The van der Waals surface area contributed by atoms with E-state index in [2.05, 4.69) is 0 Å². The van der Waals surface area contributed by atoms with Crippen LogP contribution in [0.15, 0.2) is 53.4 Å². The maximum Gasteiger partial charge on any atom is 0.258 e. The second kappa shape index (κ2) is 5.25. The number of rotatable bonds is 2. The molecule has 3 rings (SSSR count). The number of sulfone groups is 1. The first-order valence-electron chi connectivity index (χ1n) is 7.09. The van der Waals surface area contributed by atoms with Crippen LogP contribution in [0.5, 0.6) is 0 Å². The molecule has 0 saturated carbocycles. The van der Waals surface area contributed by atoms with Crippen molar-refractivity contribution in [3.8, 4) is 0 Å². The molecule has 0 radical (unpaired) electrons. The summed E-state index contributed by atoms with van der Waals surface area (Å²) < 4.78 is 23.3. The first-order valence-corrected chi connectivity index (χ1v) is 8.98. The van der Waals surface area contributed by atoms with Crippen molar-refractivity contribution in [3.63, 3.8) is 0 Å². The number of hydrogen-bond donors (Lipinski definition) is 0. The van der Waals surface area contributed by atoms with Crippen LogP contribution in [0.2, 0.25) is 0 Å². The number of carbonyl (C=O) groups is 1. The fourth-order valence-corrected chi connectivity index (χ4v) is 3.54. The second-order valence-corrected chi connectivity index (χ2v) is 7.67. The van der Waals surface area contributed by atoms with Crippen LogP contribution in [0.3, 0.4) is 0 Å². The van der Waals surface area contributed by atoms with Crippen molar-refractivity contribution in [2.24, 2.45) is 0 Å². The highest BCUT2D eigenvalue weighted by molar-refractivity contribution is 7.90. The number of hydrogen-bond acceptors (Lipinski definition) is 3. The van der Waals surface area contributed by atoms with Gasteiger partial charge >= 0.3 is 0 Å². The van der Waals surface area contributed by atoms with Crippen LogP contribution in [0, 0.1) is 0 Å². The zero-order valence-electron chi connectivity index (χ0n) is 12.5. The van der Waals surface area contributed by atoms with E-state index < -0.39 is 9.84 Å². The van der Waals surface area contributed by atoms with E-state index in [9.17, 15) is 13.2 Å². The molecule has 0 fully saturated rings. The SMILES string of the molecule is C[C@H]1Cc2ccccc2N1C(=O)c1cccc(S(C)(=O)=O)c1. The van der Waals surface area contributed by atoms with Gasteiger partial charge < -0.3 is 4.90 Å². The summed E-state index contributed by atoms with van der Waals surface area (Å²) in [6, 6.07) is 14.1. The van der Waals surface area contributed by atoms with E-state index in [1.54, 1.807) is 17.0 Å². The van der Waals surface area contributed by atoms with Gasteiger partial charge in [-0.05, 0) is 43.2 Å². The minimum absolute atomic E-state index is 0.0618. The molecule has 22 heavy (non-hydrogen) atoms. The van der Waals surface area contributed by atoms with Gasteiger partial charge in [0.1, 0.15) is 0 Å². The van der Waals surface area contributed by atoms with Crippen molar-refractivity contribution in [1.82, 2.24) is 0 Å². The van der Waals surface area contributed by atoms with E-state index in [0.717, 1.165) is 23.9 Å². The van der Waals surface area contributed by atoms with Crippen LogP contribution in [0.4, 0.5) is 5.69 Å². The van der Waals surface area contributed by atoms with E-state index in [-0.39, 0.29) is 16.8 Å². The molecule has 0 N–H and O–H groups in total. The number of anilines is 1. The van der Waals surface area contributed by atoms with Gasteiger partial charge in [0, 0.05) is 23.5 Å². The second-order valence-electron chi connectivity index (χ2n) is 5.66. The van der Waals surface area contributed by atoms with Crippen LogP contribution in [-0.2, 0) is 16.3 Å². The van der Waals surface area contributed by atoms with Gasteiger partial charge in [0.2, 0.25) is 0 Å². The van der Waals surface area contributed by atoms with Gasteiger partial charge in [-0.1, -0.05) is 24.3 Å². The number of benzene rings is 2. The fraction of sp³-hybridized carbons (Fsp3) is 0.235. The molecule has 0 aromatic heterocycles. The van der Waals surface area contributed by atoms with Gasteiger partial charge in [0.15, 0.2) is 9.84 Å². The van der Waals surface area contributed by atoms with Gasteiger partial charge in [-0.25, -0.2) is 8.42 Å². The Morgan fingerprint density at radius 3 is 2.59 bits per heavy atom. The first-order chi connectivity index (χ1) is 10.4. The van der Waals surface area contributed by atoms with Gasteiger partial charge in [-0.15, -0.1) is 0 Å². The number of para-hydroxylation sites is 1. The Hall–Kier alpha value is -2.14. The molecule has 1 aliphatic rings. The molecule has 2 aromatic carbocycles. The van der Waals surface area contributed by atoms with E-state index in [0.29, 0.717) is 5.56 Å². The van der Waals surface area contributed by atoms with Gasteiger partial charge in [0.25, 0.3) is 5.91 Å². The zero-order chi connectivity index (χ0) is 15.9. The van der Waals surface area contributed by atoms with Crippen molar-refractivity contribution in [1.29, 1.82) is 0 Å². The van der Waals surface area contributed by atoms with E-state index in [1.165, 1.54) is 12.1 Å². The molecule has 0 saturated heterocycles. The average Bonchev–Trinajstić information content (AvgIpc) is 2.81. The number of amides is 1. The average molecular weight is 315 g/mol. The Balaban J connectivity index is 2.02. The Morgan fingerprint density at radius 2 is 1.86 bits per heavy atom. The van der Waals surface area contributed by atoms with Gasteiger partial charge in [0.05, 0.1) is 4.90 Å². The molecule has 1 heterocycles. The molecule has 4 nitrogen and oxygen atoms in total. The highest BCUT2D eigenvalue weighted by Gasteiger charge is 2.31. The molecular weight excluding hydrogens is 298 g/mol. The molecule has 0 bridgehead atoms. The fourth-order valence-electron chi connectivity index (χ4n) is 2.87. The molecule has 0 aliphatic carbocycles. The quantitative estimate of drug-likeness (QED) is 0.856. The topological polar surface area (TPSA) is 54.5 Å². The van der Waals surface area contributed by atoms with Gasteiger partial charge in [-0.2, -0.15) is 0 Å². The monoisotopic (exact) mass is 315 g/mol. The molecule has 1 amide bonds. The third-order valence-electron chi connectivity index (χ3n) is 3.94. The molecule has 114 valence electrons. The first kappa shape index (κ1) is 14.8. The summed E-state index contributed by atoms with van der Waals surface area (Å²) in [7, 11) is -3.33. The number of carbonyl (C=O) groups excluding carboxylic acids is 1. The maximum absolute atomic E-state index is 12.8. The summed E-state index contributed by atoms with van der Waals surface area (Å²) in [5, 5.41) is 0. The lowest BCUT2D eigenvalue weighted by molar-refractivity contribution is 0.0981. The van der Waals surface area contributed by atoms with E-state index in [4.69, 9.17) is 0 Å². The zero-order valence-corrected chi connectivity index (χ0v) is 13.3. The highest BCUT2D eigenvalue weighted by Crippen LogP contribution is 2.33. The third-order valence-corrected chi connectivity index (χ3v) is 5.05. The molecular formula is C17H17NO3S. The summed E-state index contributed by atoms with van der Waals surface area (Å²) in [4.78, 5) is 14.7. The Bertz CT molecular complexity index is 842. The van der Waals surface area contributed by atoms with Crippen LogP contribution < -0.4 is 4.90 Å². The lowest BCUT2D eigenvalue weighted by atomic mass is 10.1. The molecule has 0 unspecified atom stereocenters. The minimum Gasteiger partial charge on any atom is -0.305 e. The summed E-state index contributed by atoms with van der Waals surface area (Å²) in [6.45, 7) is 2.00. The molecule has 1 aliphatic heterocycles. The lowest BCUT2D eigenvalue weighted by Gasteiger charge is -2.23. The summed E-state index contributed by atoms with van der Waals surface area (Å²) in [5.74, 6) is -0.164. The Labute approximate surface area is 130 Å². The lowest BCUT2D eigenvalue weighted by Crippen LogP contribution is -2.35. The normalized spacial score (nSPS) is 17.4. The maximum atomic E-state index is 12.8. The van der Waals surface area contributed by atoms with Crippen molar-refractivity contribution in [2.45, 2.75) is 24.3 Å². The molecule has 5 heteroatoms. The van der Waals surface area contributed by atoms with Gasteiger partial charge in [-0.3, -0.25) is 4.79 Å².